The molecule has 0 bridgehead atoms. The van der Waals surface area contributed by atoms with E-state index in [2.05, 4.69) is 10.3 Å². The summed E-state index contributed by atoms with van der Waals surface area (Å²) >= 11 is 0. The summed E-state index contributed by atoms with van der Waals surface area (Å²) < 4.78 is 16.3. The third kappa shape index (κ3) is 5.23. The van der Waals surface area contributed by atoms with Crippen molar-refractivity contribution in [1.29, 1.82) is 0 Å². The molecule has 1 aromatic heterocycles. The Kier molecular flexibility index (Phi) is 6.46. The average molecular weight is 378 g/mol. The highest BCUT2D eigenvalue weighted by Crippen LogP contribution is 2.31. The number of pyridine rings is 1. The van der Waals surface area contributed by atoms with E-state index in [0.29, 0.717) is 23.8 Å². The molecule has 0 saturated heterocycles. The lowest BCUT2D eigenvalue weighted by Crippen LogP contribution is -2.14. The Bertz CT molecular complexity index is 912. The van der Waals surface area contributed by atoms with Crippen LogP contribution < -0.4 is 19.5 Å². The van der Waals surface area contributed by atoms with Crippen LogP contribution in [-0.4, -0.2) is 25.1 Å². The van der Waals surface area contributed by atoms with Crippen LogP contribution in [0.1, 0.15) is 11.1 Å². The van der Waals surface area contributed by atoms with Crippen LogP contribution in [0.5, 0.6) is 17.2 Å². The molecule has 0 aliphatic carbocycles. The maximum absolute atomic E-state index is 12.4. The van der Waals surface area contributed by atoms with Crippen LogP contribution in [0.3, 0.4) is 0 Å². The van der Waals surface area contributed by atoms with Crippen molar-refractivity contribution in [2.24, 2.45) is 0 Å². The third-order valence-electron chi connectivity index (χ3n) is 4.11. The van der Waals surface area contributed by atoms with E-state index in [0.717, 1.165) is 16.9 Å². The second kappa shape index (κ2) is 9.41. The number of nitrogens with one attached hydrogen (secondary N) is 1. The number of methoxy groups -OCH3 is 2. The van der Waals surface area contributed by atoms with E-state index < -0.39 is 0 Å². The van der Waals surface area contributed by atoms with Gasteiger partial charge in [-0.1, -0.05) is 12.1 Å². The van der Waals surface area contributed by atoms with E-state index in [1.807, 2.05) is 36.4 Å². The van der Waals surface area contributed by atoms with Gasteiger partial charge in [0.15, 0.2) is 11.5 Å². The maximum Gasteiger partial charge on any atom is 0.228 e. The van der Waals surface area contributed by atoms with Crippen LogP contribution in [0.4, 0.5) is 5.69 Å². The first-order valence-corrected chi connectivity index (χ1v) is 8.80. The molecule has 0 atom stereocenters. The van der Waals surface area contributed by atoms with Gasteiger partial charge < -0.3 is 19.5 Å². The molecule has 1 N–H and O–H groups in total. The van der Waals surface area contributed by atoms with Crippen LogP contribution in [0.15, 0.2) is 67.0 Å². The zero-order valence-corrected chi connectivity index (χ0v) is 15.8. The number of carbonyl (C=O) groups excluding carboxylic acids is 1. The zero-order valence-electron chi connectivity index (χ0n) is 15.8. The van der Waals surface area contributed by atoms with E-state index in [1.165, 1.54) is 0 Å². The average Bonchev–Trinajstić information content (AvgIpc) is 2.73. The Morgan fingerprint density at radius 3 is 2.32 bits per heavy atom. The van der Waals surface area contributed by atoms with E-state index >= 15 is 0 Å². The van der Waals surface area contributed by atoms with E-state index in [4.69, 9.17) is 14.2 Å². The molecule has 0 radical (unpaired) electrons. The summed E-state index contributed by atoms with van der Waals surface area (Å²) in [7, 11) is 3.19. The number of carbonyl (C=O) groups is 1. The first kappa shape index (κ1) is 19.2. The predicted molar refractivity (Wildman–Crippen MR) is 107 cm³/mol. The Balaban J connectivity index is 1.65. The van der Waals surface area contributed by atoms with Crippen LogP contribution in [-0.2, 0) is 17.8 Å². The standard InChI is InChI=1S/C22H22N2O4/c1-26-19-6-3-16(4-7-19)13-22(25)24-18-5-8-20(27-2)21(14-18)28-15-17-9-11-23-12-10-17/h3-12,14H,13,15H2,1-2H3,(H,24,25). The van der Waals surface area contributed by atoms with Crippen molar-refractivity contribution in [3.05, 3.63) is 78.1 Å². The van der Waals surface area contributed by atoms with Gasteiger partial charge in [-0.3, -0.25) is 9.78 Å². The highest BCUT2D eigenvalue weighted by atomic mass is 16.5. The van der Waals surface area contributed by atoms with Crippen LogP contribution >= 0.6 is 0 Å². The fourth-order valence-corrected chi connectivity index (χ4v) is 2.64. The van der Waals surface area contributed by atoms with Gasteiger partial charge >= 0.3 is 0 Å². The number of anilines is 1. The van der Waals surface area contributed by atoms with Crippen molar-refractivity contribution < 1.29 is 19.0 Å². The van der Waals surface area contributed by atoms with Gasteiger partial charge in [0.1, 0.15) is 12.4 Å². The largest absolute Gasteiger partial charge is 0.497 e. The van der Waals surface area contributed by atoms with Gasteiger partial charge in [-0.25, -0.2) is 0 Å². The van der Waals surface area contributed by atoms with E-state index in [9.17, 15) is 4.79 Å². The first-order valence-electron chi connectivity index (χ1n) is 8.80. The lowest BCUT2D eigenvalue weighted by Gasteiger charge is -2.13. The van der Waals surface area contributed by atoms with Gasteiger partial charge in [0, 0.05) is 24.1 Å². The highest BCUT2D eigenvalue weighted by Gasteiger charge is 2.10. The number of aromatic nitrogens is 1. The molecule has 0 saturated carbocycles. The normalized spacial score (nSPS) is 10.2. The maximum atomic E-state index is 12.4. The smallest absolute Gasteiger partial charge is 0.228 e. The second-order valence-corrected chi connectivity index (χ2v) is 6.08. The summed E-state index contributed by atoms with van der Waals surface area (Å²) in [6, 6.07) is 16.5. The highest BCUT2D eigenvalue weighted by molar-refractivity contribution is 5.92. The van der Waals surface area contributed by atoms with E-state index in [1.54, 1.807) is 44.8 Å². The summed E-state index contributed by atoms with van der Waals surface area (Å²) in [4.78, 5) is 16.4. The molecule has 3 rings (SSSR count). The minimum absolute atomic E-state index is 0.115. The lowest BCUT2D eigenvalue weighted by atomic mass is 10.1. The molecule has 1 heterocycles. The Morgan fingerprint density at radius 1 is 0.893 bits per heavy atom. The molecule has 0 aliphatic rings. The number of hydrogen-bond acceptors (Lipinski definition) is 5. The SMILES string of the molecule is COc1ccc(CC(=O)Nc2ccc(OC)c(OCc3ccncc3)c2)cc1. The summed E-state index contributed by atoms with van der Waals surface area (Å²) in [6.45, 7) is 0.377. The van der Waals surface area contributed by atoms with Crippen molar-refractivity contribution in [3.8, 4) is 17.2 Å². The summed E-state index contributed by atoms with van der Waals surface area (Å²) in [5.74, 6) is 1.80. The topological polar surface area (TPSA) is 69.7 Å². The van der Waals surface area contributed by atoms with Crippen LogP contribution in [0.2, 0.25) is 0 Å². The van der Waals surface area contributed by atoms with Gasteiger partial charge in [0.25, 0.3) is 0 Å². The molecule has 1 amide bonds. The quantitative estimate of drug-likeness (QED) is 0.645. The Hall–Kier alpha value is -3.54. The van der Waals surface area contributed by atoms with Crippen LogP contribution in [0.25, 0.3) is 0 Å². The molecule has 2 aromatic carbocycles. The van der Waals surface area contributed by atoms with Crippen molar-refractivity contribution in [1.82, 2.24) is 4.98 Å². The van der Waals surface area contributed by atoms with Crippen molar-refractivity contribution in [2.45, 2.75) is 13.0 Å². The van der Waals surface area contributed by atoms with Crippen molar-refractivity contribution >= 4 is 11.6 Å². The molecule has 0 fully saturated rings. The fraction of sp³-hybridized carbons (Fsp3) is 0.182. The number of benzene rings is 2. The Morgan fingerprint density at radius 2 is 1.64 bits per heavy atom. The number of rotatable bonds is 8. The minimum Gasteiger partial charge on any atom is -0.497 e. The number of hydrogen-bond donors (Lipinski definition) is 1. The summed E-state index contributed by atoms with van der Waals surface area (Å²) in [5, 5.41) is 2.89. The van der Waals surface area contributed by atoms with Crippen LogP contribution in [0, 0.1) is 0 Å². The number of nitrogens with zero attached hydrogens (tertiary/aromatic N) is 1. The van der Waals surface area contributed by atoms with Gasteiger partial charge in [-0.2, -0.15) is 0 Å². The van der Waals surface area contributed by atoms with Gasteiger partial charge in [-0.15, -0.1) is 0 Å². The van der Waals surface area contributed by atoms with Gasteiger partial charge in [0.2, 0.25) is 5.91 Å². The second-order valence-electron chi connectivity index (χ2n) is 6.08. The monoisotopic (exact) mass is 378 g/mol. The molecular formula is C22H22N2O4. The molecule has 0 spiro atoms. The molecule has 6 heteroatoms. The Labute approximate surface area is 164 Å². The summed E-state index contributed by atoms with van der Waals surface area (Å²) in [6.07, 6.45) is 3.70. The van der Waals surface area contributed by atoms with Gasteiger partial charge in [-0.05, 0) is 47.5 Å². The van der Waals surface area contributed by atoms with E-state index in [-0.39, 0.29) is 12.3 Å². The molecular weight excluding hydrogens is 356 g/mol. The molecule has 0 aliphatic heterocycles. The predicted octanol–water partition coefficient (Wildman–Crippen LogP) is 3.86. The molecule has 28 heavy (non-hydrogen) atoms. The third-order valence-corrected chi connectivity index (χ3v) is 4.11. The lowest BCUT2D eigenvalue weighted by molar-refractivity contribution is -0.115. The number of amides is 1. The van der Waals surface area contributed by atoms with Gasteiger partial charge in [0.05, 0.1) is 20.6 Å². The molecule has 0 unspecified atom stereocenters. The van der Waals surface area contributed by atoms with Crippen molar-refractivity contribution in [2.75, 3.05) is 19.5 Å². The summed E-state index contributed by atoms with van der Waals surface area (Å²) in [5.41, 5.74) is 2.54. The fourth-order valence-electron chi connectivity index (χ4n) is 2.64. The molecule has 3 aromatic rings. The van der Waals surface area contributed by atoms with Crippen molar-refractivity contribution in [3.63, 3.8) is 0 Å². The first-order chi connectivity index (χ1) is 13.7. The molecule has 144 valence electrons. The molecule has 6 nitrogen and oxygen atoms in total. The zero-order chi connectivity index (χ0) is 19.8. The number of ether oxygens (including phenoxy) is 3. The minimum atomic E-state index is -0.115.